The fraction of sp³-hybridized carbons (Fsp3) is 0.455. The van der Waals surface area contributed by atoms with Crippen molar-refractivity contribution in [3.8, 4) is 0 Å². The van der Waals surface area contributed by atoms with Crippen LogP contribution in [0.2, 0.25) is 0 Å². The third-order valence-corrected chi connectivity index (χ3v) is 2.45. The van der Waals surface area contributed by atoms with Crippen molar-refractivity contribution in [2.75, 3.05) is 6.61 Å². The monoisotopic (exact) mass is 197 g/mol. The molecule has 0 heterocycles. The summed E-state index contributed by atoms with van der Waals surface area (Å²) in [5.41, 5.74) is 7.03. The van der Waals surface area contributed by atoms with E-state index in [4.69, 9.17) is 10.8 Å². The number of aliphatic hydroxyl groups is 1. The number of nitrogens with two attached hydrogens (primary N) is 1. The van der Waals surface area contributed by atoms with E-state index in [-0.39, 0.29) is 12.4 Å². The molecular formula is C11H16FNO. The molecule has 0 amide bonds. The number of halogens is 1. The number of aryl methyl sites for hydroxylation is 1. The van der Waals surface area contributed by atoms with Crippen LogP contribution >= 0.6 is 0 Å². The van der Waals surface area contributed by atoms with Crippen molar-refractivity contribution >= 4 is 0 Å². The maximum absolute atomic E-state index is 13.0. The average molecular weight is 197 g/mol. The van der Waals surface area contributed by atoms with Gasteiger partial charge in [0.15, 0.2) is 0 Å². The van der Waals surface area contributed by atoms with Gasteiger partial charge in [0, 0.05) is 12.1 Å². The molecule has 2 nitrogen and oxygen atoms in total. The Balaban J connectivity index is 3.10. The minimum Gasteiger partial charge on any atom is -0.396 e. The first-order chi connectivity index (χ1) is 6.47. The second-order valence-electron chi connectivity index (χ2n) is 3.85. The quantitative estimate of drug-likeness (QED) is 0.774. The van der Waals surface area contributed by atoms with Crippen molar-refractivity contribution < 1.29 is 9.50 Å². The molecule has 3 N–H and O–H groups in total. The van der Waals surface area contributed by atoms with E-state index in [0.29, 0.717) is 6.42 Å². The lowest BCUT2D eigenvalue weighted by molar-refractivity contribution is 0.246. The Morgan fingerprint density at radius 2 is 2.14 bits per heavy atom. The maximum atomic E-state index is 13.0. The van der Waals surface area contributed by atoms with Crippen LogP contribution in [0.15, 0.2) is 18.2 Å². The largest absolute Gasteiger partial charge is 0.396 e. The van der Waals surface area contributed by atoms with Gasteiger partial charge in [-0.15, -0.1) is 0 Å². The van der Waals surface area contributed by atoms with Gasteiger partial charge >= 0.3 is 0 Å². The van der Waals surface area contributed by atoms with Gasteiger partial charge in [0.1, 0.15) is 5.82 Å². The summed E-state index contributed by atoms with van der Waals surface area (Å²) in [6.07, 6.45) is 0.428. The van der Waals surface area contributed by atoms with Gasteiger partial charge in [-0.3, -0.25) is 0 Å². The SMILES string of the molecule is Cc1ccc(F)cc1[C@@](C)(N)CCO. The van der Waals surface area contributed by atoms with Crippen molar-refractivity contribution in [3.05, 3.63) is 35.1 Å². The molecule has 0 saturated heterocycles. The van der Waals surface area contributed by atoms with Crippen LogP contribution in [0.4, 0.5) is 4.39 Å². The Kier molecular flexibility index (Phi) is 3.24. The zero-order valence-electron chi connectivity index (χ0n) is 8.55. The number of hydrogen-bond donors (Lipinski definition) is 2. The molecule has 0 saturated carbocycles. The Bertz CT molecular complexity index is 323. The molecule has 78 valence electrons. The lowest BCUT2D eigenvalue weighted by Gasteiger charge is -2.26. The third kappa shape index (κ3) is 2.30. The van der Waals surface area contributed by atoms with E-state index in [9.17, 15) is 4.39 Å². The van der Waals surface area contributed by atoms with Crippen LogP contribution in [0, 0.1) is 12.7 Å². The number of benzene rings is 1. The molecule has 0 unspecified atom stereocenters. The summed E-state index contributed by atoms with van der Waals surface area (Å²) >= 11 is 0. The highest BCUT2D eigenvalue weighted by molar-refractivity contribution is 5.32. The van der Waals surface area contributed by atoms with Crippen LogP contribution in [-0.2, 0) is 5.54 Å². The molecule has 0 aliphatic carbocycles. The van der Waals surface area contributed by atoms with E-state index in [1.54, 1.807) is 13.0 Å². The van der Waals surface area contributed by atoms with Gasteiger partial charge < -0.3 is 10.8 Å². The van der Waals surface area contributed by atoms with E-state index in [1.165, 1.54) is 12.1 Å². The number of rotatable bonds is 3. The second kappa shape index (κ2) is 4.07. The summed E-state index contributed by atoms with van der Waals surface area (Å²) in [6, 6.07) is 4.55. The van der Waals surface area contributed by atoms with E-state index in [0.717, 1.165) is 11.1 Å². The van der Waals surface area contributed by atoms with Gasteiger partial charge in [-0.05, 0) is 43.5 Å². The fourth-order valence-corrected chi connectivity index (χ4v) is 1.58. The summed E-state index contributed by atoms with van der Waals surface area (Å²) in [6.45, 7) is 3.69. The first kappa shape index (κ1) is 11.1. The summed E-state index contributed by atoms with van der Waals surface area (Å²) in [4.78, 5) is 0. The molecule has 0 fully saturated rings. The van der Waals surface area contributed by atoms with Gasteiger partial charge in [-0.1, -0.05) is 6.07 Å². The first-order valence-corrected chi connectivity index (χ1v) is 4.64. The van der Waals surface area contributed by atoms with Gasteiger partial charge in [-0.25, -0.2) is 4.39 Å². The molecule has 14 heavy (non-hydrogen) atoms. The summed E-state index contributed by atoms with van der Waals surface area (Å²) in [5.74, 6) is -0.291. The van der Waals surface area contributed by atoms with Crippen LogP contribution in [0.25, 0.3) is 0 Å². The number of aliphatic hydroxyl groups excluding tert-OH is 1. The molecule has 1 rings (SSSR count). The Labute approximate surface area is 83.6 Å². The normalized spacial score (nSPS) is 15.2. The molecule has 1 aromatic rings. The predicted molar refractivity (Wildman–Crippen MR) is 54.4 cm³/mol. The van der Waals surface area contributed by atoms with Gasteiger partial charge in [-0.2, -0.15) is 0 Å². The van der Waals surface area contributed by atoms with Crippen LogP contribution in [0.3, 0.4) is 0 Å². The molecule has 3 heteroatoms. The lowest BCUT2D eigenvalue weighted by Crippen LogP contribution is -2.34. The number of hydrogen-bond acceptors (Lipinski definition) is 2. The van der Waals surface area contributed by atoms with Gasteiger partial charge in [0.05, 0.1) is 0 Å². The zero-order valence-corrected chi connectivity index (χ0v) is 8.55. The minimum absolute atomic E-state index is 0.00293. The summed E-state index contributed by atoms with van der Waals surface area (Å²) < 4.78 is 13.0. The van der Waals surface area contributed by atoms with Crippen LogP contribution < -0.4 is 5.73 Å². The van der Waals surface area contributed by atoms with Gasteiger partial charge in [0.25, 0.3) is 0 Å². The van der Waals surface area contributed by atoms with Crippen LogP contribution in [0.5, 0.6) is 0 Å². The fourth-order valence-electron chi connectivity index (χ4n) is 1.58. The molecule has 1 atom stereocenters. The molecule has 0 bridgehead atoms. The highest BCUT2D eigenvalue weighted by Gasteiger charge is 2.22. The zero-order chi connectivity index (χ0) is 10.8. The van der Waals surface area contributed by atoms with Crippen LogP contribution in [0.1, 0.15) is 24.5 Å². The van der Waals surface area contributed by atoms with Crippen molar-refractivity contribution in [1.82, 2.24) is 0 Å². The van der Waals surface area contributed by atoms with Crippen LogP contribution in [-0.4, -0.2) is 11.7 Å². The standard InChI is InChI=1S/C11H16FNO/c1-8-3-4-9(12)7-10(8)11(2,13)5-6-14/h3-4,7,14H,5-6,13H2,1-2H3/t11-/m0/s1. The van der Waals surface area contributed by atoms with Crippen molar-refractivity contribution in [2.24, 2.45) is 5.73 Å². The second-order valence-corrected chi connectivity index (χ2v) is 3.85. The lowest BCUT2D eigenvalue weighted by atomic mass is 9.87. The molecule has 0 radical (unpaired) electrons. The molecule has 0 aliphatic rings. The third-order valence-electron chi connectivity index (χ3n) is 2.45. The Morgan fingerprint density at radius 1 is 1.50 bits per heavy atom. The highest BCUT2D eigenvalue weighted by Crippen LogP contribution is 2.25. The van der Waals surface area contributed by atoms with Crippen molar-refractivity contribution in [1.29, 1.82) is 0 Å². The summed E-state index contributed by atoms with van der Waals surface area (Å²) in [7, 11) is 0. The Hall–Kier alpha value is -0.930. The molecule has 0 aromatic heterocycles. The Morgan fingerprint density at radius 3 is 2.71 bits per heavy atom. The molecule has 0 spiro atoms. The minimum atomic E-state index is -0.666. The molecular weight excluding hydrogens is 181 g/mol. The molecule has 0 aliphatic heterocycles. The van der Waals surface area contributed by atoms with E-state index >= 15 is 0 Å². The topological polar surface area (TPSA) is 46.2 Å². The summed E-state index contributed by atoms with van der Waals surface area (Å²) in [5, 5.41) is 8.85. The maximum Gasteiger partial charge on any atom is 0.123 e. The predicted octanol–water partition coefficient (Wildman–Crippen LogP) is 1.69. The highest BCUT2D eigenvalue weighted by atomic mass is 19.1. The smallest absolute Gasteiger partial charge is 0.123 e. The van der Waals surface area contributed by atoms with E-state index < -0.39 is 5.54 Å². The average Bonchev–Trinajstić information content (AvgIpc) is 2.09. The van der Waals surface area contributed by atoms with Crippen molar-refractivity contribution in [2.45, 2.75) is 25.8 Å². The molecule has 1 aromatic carbocycles. The van der Waals surface area contributed by atoms with Gasteiger partial charge in [0.2, 0.25) is 0 Å². The van der Waals surface area contributed by atoms with Crippen molar-refractivity contribution in [3.63, 3.8) is 0 Å². The van der Waals surface area contributed by atoms with E-state index in [1.807, 2.05) is 6.92 Å². The first-order valence-electron chi connectivity index (χ1n) is 4.64. The van der Waals surface area contributed by atoms with E-state index in [2.05, 4.69) is 0 Å².